The summed E-state index contributed by atoms with van der Waals surface area (Å²) in [7, 11) is 0. The monoisotopic (exact) mass is 265 g/mol. The molecule has 1 aliphatic rings. The third kappa shape index (κ3) is 5.68. The molecule has 1 aromatic rings. The summed E-state index contributed by atoms with van der Waals surface area (Å²) >= 11 is 0. The Morgan fingerprint density at radius 2 is 1.84 bits per heavy atom. The van der Waals surface area contributed by atoms with Crippen LogP contribution >= 0.6 is 0 Å². The van der Waals surface area contributed by atoms with E-state index in [9.17, 15) is 4.39 Å². The van der Waals surface area contributed by atoms with Crippen LogP contribution in [0.2, 0.25) is 0 Å². The molecule has 1 saturated heterocycles. The van der Waals surface area contributed by atoms with Crippen molar-refractivity contribution in [3.8, 4) is 0 Å². The molecule has 0 aromatic heterocycles. The summed E-state index contributed by atoms with van der Waals surface area (Å²) in [5.41, 5.74) is 1.19. The van der Waals surface area contributed by atoms with Gasteiger partial charge in [-0.2, -0.15) is 0 Å². The van der Waals surface area contributed by atoms with Crippen molar-refractivity contribution in [2.24, 2.45) is 0 Å². The van der Waals surface area contributed by atoms with Gasteiger partial charge in [-0.05, 0) is 50.2 Å². The van der Waals surface area contributed by atoms with Crippen LogP contribution in [0.3, 0.4) is 0 Å². The Balaban J connectivity index is 1.49. The van der Waals surface area contributed by atoms with Crippen LogP contribution in [0.25, 0.3) is 0 Å². The molecular formula is C15H24FN3. The smallest absolute Gasteiger partial charge is 0.123 e. The number of nitrogens with zero attached hydrogens (tertiary/aromatic N) is 1. The molecule has 0 radical (unpaired) electrons. The van der Waals surface area contributed by atoms with Crippen LogP contribution < -0.4 is 10.6 Å². The Morgan fingerprint density at radius 1 is 1.11 bits per heavy atom. The number of benzene rings is 1. The number of rotatable bonds is 7. The molecular weight excluding hydrogens is 241 g/mol. The topological polar surface area (TPSA) is 27.3 Å². The number of nitrogens with one attached hydrogen (secondary N) is 2. The first-order chi connectivity index (χ1) is 9.34. The van der Waals surface area contributed by atoms with E-state index in [0.29, 0.717) is 0 Å². The maximum Gasteiger partial charge on any atom is 0.123 e. The van der Waals surface area contributed by atoms with Gasteiger partial charge in [0.1, 0.15) is 5.82 Å². The highest BCUT2D eigenvalue weighted by atomic mass is 19.1. The van der Waals surface area contributed by atoms with Crippen molar-refractivity contribution >= 4 is 0 Å². The quantitative estimate of drug-likeness (QED) is 0.727. The van der Waals surface area contributed by atoms with E-state index in [-0.39, 0.29) is 5.82 Å². The minimum absolute atomic E-state index is 0.160. The van der Waals surface area contributed by atoms with Gasteiger partial charge in [0, 0.05) is 26.2 Å². The van der Waals surface area contributed by atoms with Gasteiger partial charge in [0.25, 0.3) is 0 Å². The molecule has 1 fully saturated rings. The average Bonchev–Trinajstić information content (AvgIpc) is 2.46. The van der Waals surface area contributed by atoms with Crippen LogP contribution in [0, 0.1) is 5.82 Å². The second-order valence-corrected chi connectivity index (χ2v) is 5.07. The molecule has 1 heterocycles. The van der Waals surface area contributed by atoms with E-state index in [1.165, 1.54) is 43.8 Å². The normalized spacial score (nSPS) is 16.7. The van der Waals surface area contributed by atoms with Gasteiger partial charge in [-0.3, -0.25) is 0 Å². The maximum atomic E-state index is 12.7. The predicted octanol–water partition coefficient (Wildman–Crippen LogP) is 1.25. The molecule has 1 aromatic carbocycles. The molecule has 106 valence electrons. The summed E-state index contributed by atoms with van der Waals surface area (Å²) < 4.78 is 12.7. The molecule has 0 atom stereocenters. The summed E-state index contributed by atoms with van der Waals surface area (Å²) in [5.74, 6) is -0.160. The minimum atomic E-state index is -0.160. The third-order valence-corrected chi connectivity index (χ3v) is 3.54. The lowest BCUT2D eigenvalue weighted by Gasteiger charge is -2.27. The van der Waals surface area contributed by atoms with Crippen LogP contribution in [0.15, 0.2) is 24.3 Å². The van der Waals surface area contributed by atoms with E-state index in [0.717, 1.165) is 32.6 Å². The molecule has 1 aliphatic heterocycles. The molecule has 2 N–H and O–H groups in total. The molecule has 19 heavy (non-hydrogen) atoms. The number of hydrogen-bond donors (Lipinski definition) is 2. The second-order valence-electron chi connectivity index (χ2n) is 5.07. The van der Waals surface area contributed by atoms with Crippen molar-refractivity contribution in [3.63, 3.8) is 0 Å². The lowest BCUT2D eigenvalue weighted by atomic mass is 10.1. The Morgan fingerprint density at radius 3 is 2.58 bits per heavy atom. The van der Waals surface area contributed by atoms with Gasteiger partial charge in [-0.1, -0.05) is 12.1 Å². The molecule has 0 spiro atoms. The first-order valence-electron chi connectivity index (χ1n) is 7.23. The summed E-state index contributed by atoms with van der Waals surface area (Å²) in [4.78, 5) is 2.51. The van der Waals surface area contributed by atoms with E-state index < -0.39 is 0 Å². The van der Waals surface area contributed by atoms with E-state index in [2.05, 4.69) is 15.5 Å². The van der Waals surface area contributed by atoms with Crippen molar-refractivity contribution in [1.29, 1.82) is 0 Å². The Kier molecular flexibility index (Phi) is 6.27. The van der Waals surface area contributed by atoms with Crippen molar-refractivity contribution in [3.05, 3.63) is 35.6 Å². The first-order valence-corrected chi connectivity index (χ1v) is 7.23. The van der Waals surface area contributed by atoms with Gasteiger partial charge in [0.15, 0.2) is 0 Å². The van der Waals surface area contributed by atoms with Crippen molar-refractivity contribution < 1.29 is 4.39 Å². The zero-order chi connectivity index (χ0) is 13.3. The molecule has 0 saturated carbocycles. The second kappa shape index (κ2) is 8.25. The van der Waals surface area contributed by atoms with Crippen molar-refractivity contribution in [1.82, 2.24) is 15.5 Å². The lowest BCUT2D eigenvalue weighted by molar-refractivity contribution is 0.238. The maximum absolute atomic E-state index is 12.7. The Hall–Kier alpha value is -0.970. The zero-order valence-electron chi connectivity index (χ0n) is 11.5. The van der Waals surface area contributed by atoms with Crippen LogP contribution in [0.4, 0.5) is 4.39 Å². The molecule has 4 heteroatoms. The molecule has 0 bridgehead atoms. The van der Waals surface area contributed by atoms with E-state index in [1.54, 1.807) is 0 Å². The van der Waals surface area contributed by atoms with E-state index in [4.69, 9.17) is 0 Å². The summed E-state index contributed by atoms with van der Waals surface area (Å²) in [6.07, 6.45) is 2.16. The van der Waals surface area contributed by atoms with Gasteiger partial charge >= 0.3 is 0 Å². The first kappa shape index (κ1) is 14.4. The van der Waals surface area contributed by atoms with Gasteiger partial charge in [-0.25, -0.2) is 4.39 Å². The fourth-order valence-corrected chi connectivity index (χ4v) is 2.37. The number of halogens is 1. The van der Waals surface area contributed by atoms with Crippen molar-refractivity contribution in [2.75, 3.05) is 45.8 Å². The van der Waals surface area contributed by atoms with Crippen LogP contribution in [0.1, 0.15) is 12.0 Å². The molecule has 0 aliphatic carbocycles. The summed E-state index contributed by atoms with van der Waals surface area (Å²) in [6, 6.07) is 6.77. The fraction of sp³-hybridized carbons (Fsp3) is 0.600. The van der Waals surface area contributed by atoms with Crippen LogP contribution in [0.5, 0.6) is 0 Å². The van der Waals surface area contributed by atoms with E-state index >= 15 is 0 Å². The minimum Gasteiger partial charge on any atom is -0.316 e. The van der Waals surface area contributed by atoms with E-state index in [1.807, 2.05) is 12.1 Å². The number of hydrogen-bond acceptors (Lipinski definition) is 3. The summed E-state index contributed by atoms with van der Waals surface area (Å²) in [5, 5.41) is 6.82. The fourth-order valence-electron chi connectivity index (χ4n) is 2.37. The van der Waals surface area contributed by atoms with Crippen LogP contribution in [-0.4, -0.2) is 50.7 Å². The largest absolute Gasteiger partial charge is 0.316 e. The summed E-state index contributed by atoms with van der Waals surface area (Å²) in [6.45, 7) is 7.81. The highest BCUT2D eigenvalue weighted by Gasteiger charge is 2.07. The Bertz CT molecular complexity index is 347. The standard InChI is InChI=1S/C15H24FN3/c16-15-4-2-14(3-5-15)6-8-17-7-1-11-19-12-9-18-10-13-19/h2-5,17-18H,1,6-13H2. The zero-order valence-corrected chi connectivity index (χ0v) is 11.5. The highest BCUT2D eigenvalue weighted by molar-refractivity contribution is 5.16. The van der Waals surface area contributed by atoms with Crippen LogP contribution in [-0.2, 0) is 6.42 Å². The predicted molar refractivity (Wildman–Crippen MR) is 76.9 cm³/mol. The third-order valence-electron chi connectivity index (χ3n) is 3.54. The molecule has 3 nitrogen and oxygen atoms in total. The van der Waals surface area contributed by atoms with Gasteiger partial charge in [0.2, 0.25) is 0 Å². The van der Waals surface area contributed by atoms with Crippen molar-refractivity contribution in [2.45, 2.75) is 12.8 Å². The molecule has 0 amide bonds. The van der Waals surface area contributed by atoms with Gasteiger partial charge in [0.05, 0.1) is 0 Å². The molecule has 2 rings (SSSR count). The van der Waals surface area contributed by atoms with Gasteiger partial charge in [-0.15, -0.1) is 0 Å². The Labute approximate surface area is 115 Å². The SMILES string of the molecule is Fc1ccc(CCNCCCN2CCNCC2)cc1. The molecule has 0 unspecified atom stereocenters. The lowest BCUT2D eigenvalue weighted by Crippen LogP contribution is -2.44. The highest BCUT2D eigenvalue weighted by Crippen LogP contribution is 2.02. The average molecular weight is 265 g/mol. The number of piperazine rings is 1. The van der Waals surface area contributed by atoms with Gasteiger partial charge < -0.3 is 15.5 Å².